The molecule has 2 rings (SSSR count). The first-order chi connectivity index (χ1) is 5.77. The number of halogens is 1. The van der Waals surface area contributed by atoms with E-state index in [-0.39, 0.29) is 5.75 Å². The summed E-state index contributed by atoms with van der Waals surface area (Å²) in [5, 5.41) is 9.83. The third-order valence-corrected chi connectivity index (χ3v) is 2.71. The molecule has 64 valence electrons. The van der Waals surface area contributed by atoms with Gasteiger partial charge in [0.15, 0.2) is 0 Å². The zero-order chi connectivity index (χ0) is 8.55. The molecule has 0 unspecified atom stereocenters. The van der Waals surface area contributed by atoms with E-state index in [0.29, 0.717) is 5.02 Å². The fraction of sp³-hybridized carbons (Fsp3) is 0.400. The Morgan fingerprint density at radius 3 is 2.33 bits per heavy atom. The zero-order valence-electron chi connectivity index (χ0n) is 6.81. The summed E-state index contributed by atoms with van der Waals surface area (Å²) in [6.07, 6.45) is 4.66. The fourth-order valence-corrected chi connectivity index (χ4v) is 1.93. The van der Waals surface area contributed by atoms with Gasteiger partial charge in [-0.2, -0.15) is 0 Å². The van der Waals surface area contributed by atoms with Crippen LogP contribution in [0.4, 0.5) is 0 Å². The number of benzene rings is 1. The van der Waals surface area contributed by atoms with Crippen LogP contribution in [0.5, 0.6) is 5.75 Å². The van der Waals surface area contributed by atoms with Crippen LogP contribution in [0.15, 0.2) is 12.1 Å². The Labute approximate surface area is 77.0 Å². The molecule has 0 atom stereocenters. The number of aryl methyl sites for hydroxylation is 2. The number of hydrogen-bond donors (Lipinski definition) is 1. The molecule has 1 aromatic rings. The molecule has 0 saturated heterocycles. The van der Waals surface area contributed by atoms with Crippen LogP contribution in [0.1, 0.15) is 24.0 Å². The molecular weight excluding hydrogens is 172 g/mol. The van der Waals surface area contributed by atoms with Gasteiger partial charge in [0.25, 0.3) is 0 Å². The highest BCUT2D eigenvalue weighted by Crippen LogP contribution is 2.31. The Bertz CT molecular complexity index is 276. The van der Waals surface area contributed by atoms with Crippen molar-refractivity contribution in [1.82, 2.24) is 0 Å². The smallest absolute Gasteiger partial charge is 0.134 e. The van der Waals surface area contributed by atoms with Crippen molar-refractivity contribution in [2.45, 2.75) is 25.7 Å². The molecule has 1 N–H and O–H groups in total. The quantitative estimate of drug-likeness (QED) is 0.654. The number of phenols is 1. The molecule has 0 amide bonds. The van der Waals surface area contributed by atoms with E-state index in [2.05, 4.69) is 0 Å². The number of aromatic hydroxyl groups is 1. The maximum Gasteiger partial charge on any atom is 0.134 e. The monoisotopic (exact) mass is 182 g/mol. The van der Waals surface area contributed by atoms with E-state index in [1.54, 1.807) is 6.07 Å². The van der Waals surface area contributed by atoms with Gasteiger partial charge in [-0.1, -0.05) is 11.6 Å². The average molecular weight is 183 g/mol. The van der Waals surface area contributed by atoms with Gasteiger partial charge in [-0.05, 0) is 48.9 Å². The molecule has 0 aliphatic heterocycles. The topological polar surface area (TPSA) is 20.2 Å². The maximum absolute atomic E-state index is 9.34. The van der Waals surface area contributed by atoms with Crippen molar-refractivity contribution in [1.29, 1.82) is 0 Å². The third kappa shape index (κ3) is 1.29. The lowest BCUT2D eigenvalue weighted by Crippen LogP contribution is -2.01. The molecular formula is C10H11ClO. The lowest BCUT2D eigenvalue weighted by molar-refractivity contribution is 0.473. The van der Waals surface area contributed by atoms with E-state index >= 15 is 0 Å². The van der Waals surface area contributed by atoms with Crippen molar-refractivity contribution >= 4 is 11.6 Å². The van der Waals surface area contributed by atoms with Gasteiger partial charge in [0.05, 0.1) is 5.02 Å². The third-order valence-electron chi connectivity index (χ3n) is 2.41. The van der Waals surface area contributed by atoms with Gasteiger partial charge in [-0.25, -0.2) is 0 Å². The summed E-state index contributed by atoms with van der Waals surface area (Å²) in [6.45, 7) is 0. The number of hydrogen-bond acceptors (Lipinski definition) is 1. The molecule has 1 nitrogen and oxygen atoms in total. The minimum atomic E-state index is 0.220. The molecule has 1 aromatic carbocycles. The standard InChI is InChI=1S/C10H11ClO/c11-9-5-7-3-1-2-4-8(7)6-10(9)12/h5-6,12H,1-4H2. The summed E-state index contributed by atoms with van der Waals surface area (Å²) in [7, 11) is 0. The van der Waals surface area contributed by atoms with Crippen LogP contribution in [0.2, 0.25) is 5.02 Å². The van der Waals surface area contributed by atoms with E-state index in [4.69, 9.17) is 11.6 Å². The molecule has 0 fully saturated rings. The molecule has 0 spiro atoms. The van der Waals surface area contributed by atoms with Gasteiger partial charge < -0.3 is 5.11 Å². The van der Waals surface area contributed by atoms with Crippen LogP contribution in [0.3, 0.4) is 0 Å². The van der Waals surface area contributed by atoms with E-state index in [0.717, 1.165) is 12.8 Å². The first kappa shape index (κ1) is 7.93. The van der Waals surface area contributed by atoms with Crippen LogP contribution in [-0.4, -0.2) is 5.11 Å². The van der Waals surface area contributed by atoms with Crippen molar-refractivity contribution in [3.63, 3.8) is 0 Å². The Kier molecular flexibility index (Phi) is 1.97. The summed E-state index contributed by atoms with van der Waals surface area (Å²) < 4.78 is 0. The Morgan fingerprint density at radius 2 is 1.67 bits per heavy atom. The molecule has 2 heteroatoms. The first-order valence-electron chi connectivity index (χ1n) is 4.27. The second-order valence-electron chi connectivity index (χ2n) is 3.28. The summed E-state index contributed by atoms with van der Waals surface area (Å²) in [6, 6.07) is 3.70. The SMILES string of the molecule is Oc1cc2c(cc1Cl)CCCC2. The van der Waals surface area contributed by atoms with Gasteiger partial charge >= 0.3 is 0 Å². The molecule has 0 heterocycles. The highest BCUT2D eigenvalue weighted by molar-refractivity contribution is 6.32. The Morgan fingerprint density at radius 1 is 1.08 bits per heavy atom. The predicted octanol–water partition coefficient (Wildman–Crippen LogP) is 2.92. The van der Waals surface area contributed by atoms with Gasteiger partial charge in [-0.15, -0.1) is 0 Å². The van der Waals surface area contributed by atoms with E-state index in [9.17, 15) is 5.11 Å². The van der Waals surface area contributed by atoms with Crippen LogP contribution in [0, 0.1) is 0 Å². The average Bonchev–Trinajstić information content (AvgIpc) is 2.07. The lowest BCUT2D eigenvalue weighted by Gasteiger charge is -2.15. The van der Waals surface area contributed by atoms with E-state index in [1.807, 2.05) is 6.07 Å². The molecule has 12 heavy (non-hydrogen) atoms. The minimum Gasteiger partial charge on any atom is -0.506 e. The normalized spacial score (nSPS) is 15.8. The van der Waals surface area contributed by atoms with Crippen molar-refractivity contribution in [3.8, 4) is 5.75 Å². The van der Waals surface area contributed by atoms with Gasteiger partial charge in [0.2, 0.25) is 0 Å². The molecule has 1 aliphatic carbocycles. The Balaban J connectivity index is 2.49. The van der Waals surface area contributed by atoms with Gasteiger partial charge in [-0.3, -0.25) is 0 Å². The summed E-state index contributed by atoms with van der Waals surface area (Å²) in [4.78, 5) is 0. The number of fused-ring (bicyclic) bond motifs is 1. The van der Waals surface area contributed by atoms with Crippen molar-refractivity contribution in [2.24, 2.45) is 0 Å². The second kappa shape index (κ2) is 2.98. The summed E-state index contributed by atoms with van der Waals surface area (Å²) >= 11 is 5.80. The molecule has 1 aliphatic rings. The zero-order valence-corrected chi connectivity index (χ0v) is 7.56. The van der Waals surface area contributed by atoms with Crippen LogP contribution < -0.4 is 0 Å². The van der Waals surface area contributed by atoms with E-state index < -0.39 is 0 Å². The van der Waals surface area contributed by atoms with Crippen LogP contribution in [0.25, 0.3) is 0 Å². The van der Waals surface area contributed by atoms with Crippen LogP contribution >= 0.6 is 11.6 Å². The predicted molar refractivity (Wildman–Crippen MR) is 49.8 cm³/mol. The fourth-order valence-electron chi connectivity index (χ4n) is 1.74. The maximum atomic E-state index is 9.34. The minimum absolute atomic E-state index is 0.220. The molecule has 0 radical (unpaired) electrons. The largest absolute Gasteiger partial charge is 0.506 e. The second-order valence-corrected chi connectivity index (χ2v) is 3.69. The van der Waals surface area contributed by atoms with Crippen LogP contribution in [-0.2, 0) is 12.8 Å². The summed E-state index contributed by atoms with van der Waals surface area (Å²) in [5.74, 6) is 0.220. The van der Waals surface area contributed by atoms with E-state index in [1.165, 1.54) is 24.0 Å². The molecule has 0 saturated carbocycles. The first-order valence-corrected chi connectivity index (χ1v) is 4.65. The molecule has 0 bridgehead atoms. The number of phenolic OH excluding ortho intramolecular Hbond substituents is 1. The van der Waals surface area contributed by atoms with Crippen molar-refractivity contribution < 1.29 is 5.11 Å². The number of rotatable bonds is 0. The Hall–Kier alpha value is -0.690. The highest BCUT2D eigenvalue weighted by atomic mass is 35.5. The summed E-state index contributed by atoms with van der Waals surface area (Å²) in [5.41, 5.74) is 2.58. The van der Waals surface area contributed by atoms with Gasteiger partial charge in [0.1, 0.15) is 5.75 Å². The van der Waals surface area contributed by atoms with Crippen molar-refractivity contribution in [3.05, 3.63) is 28.3 Å². The van der Waals surface area contributed by atoms with Crippen molar-refractivity contribution in [2.75, 3.05) is 0 Å². The molecule has 0 aromatic heterocycles. The lowest BCUT2D eigenvalue weighted by atomic mass is 9.92. The van der Waals surface area contributed by atoms with Gasteiger partial charge in [0, 0.05) is 0 Å². The highest BCUT2D eigenvalue weighted by Gasteiger charge is 2.11.